The minimum absolute atomic E-state index is 0.281. The Morgan fingerprint density at radius 1 is 1.53 bits per heavy atom. The van der Waals surface area contributed by atoms with Crippen LogP contribution in [0, 0.1) is 13.8 Å². The summed E-state index contributed by atoms with van der Waals surface area (Å²) >= 11 is 1.40. The van der Waals surface area contributed by atoms with E-state index in [9.17, 15) is 4.79 Å². The van der Waals surface area contributed by atoms with Crippen LogP contribution in [0.1, 0.15) is 25.8 Å². The summed E-state index contributed by atoms with van der Waals surface area (Å²) in [5.41, 5.74) is 3.95. The number of carbonyl (C=O) groups is 1. The Morgan fingerprint density at radius 2 is 2.32 bits per heavy atom. The maximum atomic E-state index is 11.4. The number of ether oxygens (including phenoxy) is 1. The van der Waals surface area contributed by atoms with Crippen LogP contribution in [0.4, 0.5) is 0 Å². The normalized spacial score (nSPS) is 10.3. The number of hydrazine groups is 1. The zero-order valence-electron chi connectivity index (χ0n) is 10.8. The minimum Gasteiger partial charge on any atom is -0.487 e. The lowest BCUT2D eigenvalue weighted by molar-refractivity contribution is 0.0957. The van der Waals surface area contributed by atoms with Gasteiger partial charge < -0.3 is 4.74 Å². The number of nitrogen functional groups attached to an aromatic ring is 1. The van der Waals surface area contributed by atoms with Gasteiger partial charge >= 0.3 is 0 Å². The summed E-state index contributed by atoms with van der Waals surface area (Å²) in [5, 5.41) is 0. The summed E-state index contributed by atoms with van der Waals surface area (Å²) in [6, 6.07) is 5.50. The minimum atomic E-state index is -0.281. The van der Waals surface area contributed by atoms with Crippen molar-refractivity contribution in [3.63, 3.8) is 0 Å². The van der Waals surface area contributed by atoms with Crippen LogP contribution >= 0.6 is 11.3 Å². The van der Waals surface area contributed by atoms with E-state index in [1.165, 1.54) is 11.3 Å². The van der Waals surface area contributed by atoms with Crippen molar-refractivity contribution in [3.8, 4) is 5.75 Å². The molecule has 0 bridgehead atoms. The van der Waals surface area contributed by atoms with E-state index < -0.39 is 0 Å². The van der Waals surface area contributed by atoms with Gasteiger partial charge in [0.2, 0.25) is 0 Å². The molecule has 0 aliphatic carbocycles. The Hall–Kier alpha value is -1.92. The van der Waals surface area contributed by atoms with Gasteiger partial charge in [0.25, 0.3) is 5.91 Å². The number of rotatable bonds is 4. The Balaban J connectivity index is 2.10. The van der Waals surface area contributed by atoms with E-state index in [0.29, 0.717) is 11.5 Å². The van der Waals surface area contributed by atoms with Crippen molar-refractivity contribution in [2.75, 3.05) is 0 Å². The maximum absolute atomic E-state index is 11.4. The van der Waals surface area contributed by atoms with Gasteiger partial charge in [0, 0.05) is 16.6 Å². The fraction of sp³-hybridized carbons (Fsp3) is 0.231. The summed E-state index contributed by atoms with van der Waals surface area (Å²) in [6.07, 6.45) is 1.72. The smallest absolute Gasteiger partial charge is 0.275 e. The zero-order chi connectivity index (χ0) is 13.8. The number of aromatic nitrogens is 1. The third-order valence-corrected chi connectivity index (χ3v) is 3.81. The molecule has 6 heteroatoms. The first-order chi connectivity index (χ1) is 9.11. The Morgan fingerprint density at radius 3 is 3.00 bits per heavy atom. The molecule has 2 rings (SSSR count). The lowest BCUT2D eigenvalue weighted by atomic mass is 10.2. The van der Waals surface area contributed by atoms with Gasteiger partial charge in [0.1, 0.15) is 12.4 Å². The number of hydrogen-bond donors (Lipinski definition) is 2. The molecule has 0 aliphatic rings. The lowest BCUT2D eigenvalue weighted by Crippen LogP contribution is -2.29. The molecule has 2 aromatic rings. The molecule has 0 radical (unpaired) electrons. The molecule has 1 amide bonds. The number of thiophene rings is 1. The van der Waals surface area contributed by atoms with E-state index in [-0.39, 0.29) is 5.91 Å². The largest absolute Gasteiger partial charge is 0.487 e. The second-order valence-corrected chi connectivity index (χ2v) is 5.30. The van der Waals surface area contributed by atoms with Crippen molar-refractivity contribution >= 4 is 17.2 Å². The van der Waals surface area contributed by atoms with E-state index in [1.807, 2.05) is 26.0 Å². The van der Waals surface area contributed by atoms with Crippen molar-refractivity contribution in [1.29, 1.82) is 0 Å². The molecule has 2 aromatic heterocycles. The first-order valence-electron chi connectivity index (χ1n) is 5.76. The lowest BCUT2D eigenvalue weighted by Gasteiger charge is -2.07. The summed E-state index contributed by atoms with van der Waals surface area (Å²) < 4.78 is 5.71. The van der Waals surface area contributed by atoms with Gasteiger partial charge in [0.05, 0.1) is 10.6 Å². The number of nitrogens with one attached hydrogen (secondary N) is 1. The van der Waals surface area contributed by atoms with Crippen molar-refractivity contribution in [3.05, 3.63) is 45.4 Å². The molecule has 0 fully saturated rings. The quantitative estimate of drug-likeness (QED) is 0.508. The van der Waals surface area contributed by atoms with E-state index in [4.69, 9.17) is 10.6 Å². The zero-order valence-corrected chi connectivity index (χ0v) is 11.6. The number of hydrogen-bond acceptors (Lipinski definition) is 5. The molecule has 2 heterocycles. The summed E-state index contributed by atoms with van der Waals surface area (Å²) in [6.45, 7) is 4.25. The molecule has 0 saturated heterocycles. The molecule has 3 N–H and O–H groups in total. The average molecular weight is 277 g/mol. The molecule has 0 spiro atoms. The van der Waals surface area contributed by atoms with Crippen LogP contribution in [-0.2, 0) is 6.61 Å². The molecule has 0 saturated carbocycles. The molecule has 100 valence electrons. The molecule has 5 nitrogen and oxygen atoms in total. The Bertz CT molecular complexity index is 595. The van der Waals surface area contributed by atoms with Gasteiger partial charge in [-0.25, -0.2) is 5.84 Å². The summed E-state index contributed by atoms with van der Waals surface area (Å²) in [5.74, 6) is 5.58. The number of nitrogens with zero attached hydrogens (tertiary/aromatic N) is 1. The molecular formula is C13H15N3O2S. The highest BCUT2D eigenvalue weighted by Gasteiger charge is 2.12. The summed E-state index contributed by atoms with van der Waals surface area (Å²) in [4.78, 5) is 17.2. The number of amides is 1. The molecule has 0 unspecified atom stereocenters. The molecule has 0 aromatic carbocycles. The first-order valence-corrected chi connectivity index (χ1v) is 6.58. The van der Waals surface area contributed by atoms with E-state index >= 15 is 0 Å². The molecule has 19 heavy (non-hydrogen) atoms. The van der Waals surface area contributed by atoms with Gasteiger partial charge in [-0.05, 0) is 32.0 Å². The van der Waals surface area contributed by atoms with Crippen molar-refractivity contribution < 1.29 is 9.53 Å². The highest BCUT2D eigenvalue weighted by Crippen LogP contribution is 2.23. The van der Waals surface area contributed by atoms with Crippen molar-refractivity contribution in [1.82, 2.24) is 10.4 Å². The van der Waals surface area contributed by atoms with Crippen molar-refractivity contribution in [2.45, 2.75) is 20.5 Å². The van der Waals surface area contributed by atoms with Crippen molar-refractivity contribution in [2.24, 2.45) is 5.84 Å². The molecular weight excluding hydrogens is 262 g/mol. The van der Waals surface area contributed by atoms with E-state index in [2.05, 4.69) is 10.4 Å². The number of pyridine rings is 1. The van der Waals surface area contributed by atoms with E-state index in [0.717, 1.165) is 21.9 Å². The first kappa shape index (κ1) is 13.5. The third kappa shape index (κ3) is 3.10. The van der Waals surface area contributed by atoms with Gasteiger partial charge in [-0.15, -0.1) is 11.3 Å². The highest BCUT2D eigenvalue weighted by molar-refractivity contribution is 7.14. The second kappa shape index (κ2) is 5.81. The van der Waals surface area contributed by atoms with Gasteiger partial charge in [-0.3, -0.25) is 15.2 Å². The van der Waals surface area contributed by atoms with Gasteiger partial charge in [-0.2, -0.15) is 0 Å². The fourth-order valence-corrected chi connectivity index (χ4v) is 2.56. The Labute approximate surface area is 115 Å². The highest BCUT2D eigenvalue weighted by atomic mass is 32.1. The predicted molar refractivity (Wildman–Crippen MR) is 74.0 cm³/mol. The monoisotopic (exact) mass is 277 g/mol. The van der Waals surface area contributed by atoms with Crippen LogP contribution in [-0.4, -0.2) is 10.9 Å². The maximum Gasteiger partial charge on any atom is 0.275 e. The van der Waals surface area contributed by atoms with Crippen LogP contribution < -0.4 is 16.0 Å². The molecule has 0 atom stereocenters. The van der Waals surface area contributed by atoms with Crippen LogP contribution in [0.2, 0.25) is 0 Å². The van der Waals surface area contributed by atoms with Crippen LogP contribution in [0.5, 0.6) is 5.75 Å². The van der Waals surface area contributed by atoms with Gasteiger partial charge in [0.15, 0.2) is 0 Å². The number of aryl methyl sites for hydroxylation is 2. The number of nitrogens with two attached hydrogens (primary N) is 1. The number of carbonyl (C=O) groups excluding carboxylic acids is 1. The predicted octanol–water partition coefficient (Wildman–Crippen LogP) is 1.94. The van der Waals surface area contributed by atoms with Gasteiger partial charge in [-0.1, -0.05) is 0 Å². The SMILES string of the molecule is Cc1ncccc1OCc1cc(C(=O)NN)sc1C. The third-order valence-electron chi connectivity index (χ3n) is 2.72. The van der Waals surface area contributed by atoms with Crippen LogP contribution in [0.15, 0.2) is 24.4 Å². The Kier molecular flexibility index (Phi) is 4.13. The van der Waals surface area contributed by atoms with Crippen LogP contribution in [0.3, 0.4) is 0 Å². The van der Waals surface area contributed by atoms with Crippen LogP contribution in [0.25, 0.3) is 0 Å². The van der Waals surface area contributed by atoms with E-state index in [1.54, 1.807) is 12.3 Å². The second-order valence-electron chi connectivity index (χ2n) is 4.04. The molecule has 0 aliphatic heterocycles. The topological polar surface area (TPSA) is 77.2 Å². The summed E-state index contributed by atoms with van der Waals surface area (Å²) in [7, 11) is 0. The standard InChI is InChI=1S/C13H15N3O2S/c1-8-11(4-3-5-15-8)18-7-10-6-12(13(17)16-14)19-9(10)2/h3-6H,7,14H2,1-2H3,(H,16,17). The fourth-order valence-electron chi connectivity index (χ4n) is 1.62. The average Bonchev–Trinajstić information content (AvgIpc) is 2.78.